The summed E-state index contributed by atoms with van der Waals surface area (Å²) in [5, 5.41) is 8.19. The first-order chi connectivity index (χ1) is 8.86. The average molecular weight is 240 g/mol. The van der Waals surface area contributed by atoms with Crippen LogP contribution < -0.4 is 4.74 Å². The number of nitrogens with zero attached hydrogens (tertiary/aromatic N) is 4. The second kappa shape index (κ2) is 4.44. The first-order valence-electron chi connectivity index (χ1n) is 5.64. The van der Waals surface area contributed by atoms with E-state index in [0.29, 0.717) is 6.54 Å². The third kappa shape index (κ3) is 1.90. The van der Waals surface area contributed by atoms with Crippen LogP contribution in [-0.2, 0) is 6.54 Å². The lowest BCUT2D eigenvalue weighted by atomic mass is 10.2. The number of hydrogen-bond acceptors (Lipinski definition) is 4. The topological polar surface area (TPSA) is 52.8 Å². The molecule has 0 aliphatic carbocycles. The smallest absolute Gasteiger partial charge is 0.178 e. The molecule has 0 unspecified atom stereocenters. The van der Waals surface area contributed by atoms with Gasteiger partial charge in [0.1, 0.15) is 11.3 Å². The van der Waals surface area contributed by atoms with Crippen LogP contribution in [0.2, 0.25) is 0 Å². The van der Waals surface area contributed by atoms with E-state index in [0.717, 1.165) is 22.5 Å². The normalized spacial score (nSPS) is 10.7. The van der Waals surface area contributed by atoms with Gasteiger partial charge in [-0.15, -0.1) is 5.10 Å². The molecule has 1 aromatic carbocycles. The minimum atomic E-state index is 0.630. The number of fused-ring (bicyclic) bond motifs is 1. The van der Waals surface area contributed by atoms with Gasteiger partial charge in [0.05, 0.1) is 13.7 Å². The van der Waals surface area contributed by atoms with Crippen LogP contribution in [0.4, 0.5) is 0 Å². The van der Waals surface area contributed by atoms with Gasteiger partial charge in [0.15, 0.2) is 5.65 Å². The molecular formula is C13H12N4O. The lowest BCUT2D eigenvalue weighted by molar-refractivity contribution is 0.414. The Morgan fingerprint density at radius 3 is 3.06 bits per heavy atom. The van der Waals surface area contributed by atoms with E-state index in [2.05, 4.69) is 15.3 Å². The number of methoxy groups -OCH3 is 1. The molecule has 0 fully saturated rings. The summed E-state index contributed by atoms with van der Waals surface area (Å²) in [7, 11) is 1.66. The van der Waals surface area contributed by atoms with E-state index < -0.39 is 0 Å². The van der Waals surface area contributed by atoms with Crippen molar-refractivity contribution in [2.45, 2.75) is 6.54 Å². The van der Waals surface area contributed by atoms with E-state index in [9.17, 15) is 0 Å². The van der Waals surface area contributed by atoms with Gasteiger partial charge in [-0.2, -0.15) is 0 Å². The quantitative estimate of drug-likeness (QED) is 0.701. The van der Waals surface area contributed by atoms with Crippen molar-refractivity contribution in [1.82, 2.24) is 20.0 Å². The molecule has 0 saturated heterocycles. The number of benzene rings is 1. The highest BCUT2D eigenvalue weighted by atomic mass is 16.5. The molecule has 0 radical (unpaired) electrons. The van der Waals surface area contributed by atoms with Crippen LogP contribution in [0.5, 0.6) is 5.75 Å². The van der Waals surface area contributed by atoms with Crippen molar-refractivity contribution in [1.29, 1.82) is 0 Å². The SMILES string of the molecule is COc1cccc(Cn2nnc3cccnc32)c1. The molecule has 90 valence electrons. The molecule has 2 aromatic heterocycles. The lowest BCUT2D eigenvalue weighted by Gasteiger charge is -2.04. The van der Waals surface area contributed by atoms with Crippen LogP contribution in [0.1, 0.15) is 5.56 Å². The fourth-order valence-electron chi connectivity index (χ4n) is 1.86. The maximum absolute atomic E-state index is 5.20. The Kier molecular flexibility index (Phi) is 2.64. The number of aromatic nitrogens is 4. The second-order valence-corrected chi connectivity index (χ2v) is 3.94. The first-order valence-corrected chi connectivity index (χ1v) is 5.64. The number of pyridine rings is 1. The van der Waals surface area contributed by atoms with Gasteiger partial charge in [0.25, 0.3) is 0 Å². The highest BCUT2D eigenvalue weighted by Crippen LogP contribution is 2.15. The van der Waals surface area contributed by atoms with Crippen LogP contribution in [0.15, 0.2) is 42.6 Å². The molecule has 5 nitrogen and oxygen atoms in total. The van der Waals surface area contributed by atoms with Crippen molar-refractivity contribution >= 4 is 11.2 Å². The second-order valence-electron chi connectivity index (χ2n) is 3.94. The molecular weight excluding hydrogens is 228 g/mol. The molecule has 0 aliphatic rings. The van der Waals surface area contributed by atoms with E-state index in [1.165, 1.54) is 0 Å². The minimum absolute atomic E-state index is 0.630. The fraction of sp³-hybridized carbons (Fsp3) is 0.154. The van der Waals surface area contributed by atoms with E-state index in [1.54, 1.807) is 18.0 Å². The van der Waals surface area contributed by atoms with Crippen LogP contribution in [0.25, 0.3) is 11.2 Å². The van der Waals surface area contributed by atoms with Gasteiger partial charge in [-0.05, 0) is 29.8 Å². The summed E-state index contributed by atoms with van der Waals surface area (Å²) < 4.78 is 6.98. The predicted octanol–water partition coefficient (Wildman–Crippen LogP) is 1.88. The van der Waals surface area contributed by atoms with Crippen molar-refractivity contribution in [3.05, 3.63) is 48.2 Å². The Bertz CT molecular complexity index is 677. The summed E-state index contributed by atoms with van der Waals surface area (Å²) in [5.41, 5.74) is 2.70. The summed E-state index contributed by atoms with van der Waals surface area (Å²) in [6.45, 7) is 0.630. The summed E-state index contributed by atoms with van der Waals surface area (Å²) in [5.74, 6) is 0.838. The molecule has 0 aliphatic heterocycles. The van der Waals surface area contributed by atoms with Crippen LogP contribution in [0.3, 0.4) is 0 Å². The van der Waals surface area contributed by atoms with E-state index >= 15 is 0 Å². The predicted molar refractivity (Wildman–Crippen MR) is 67.4 cm³/mol. The third-order valence-electron chi connectivity index (χ3n) is 2.74. The number of rotatable bonds is 3. The van der Waals surface area contributed by atoms with Crippen molar-refractivity contribution in [2.75, 3.05) is 7.11 Å². The van der Waals surface area contributed by atoms with Crippen molar-refractivity contribution in [3.8, 4) is 5.75 Å². The van der Waals surface area contributed by atoms with Gasteiger partial charge in [0.2, 0.25) is 0 Å². The zero-order valence-corrected chi connectivity index (χ0v) is 9.95. The van der Waals surface area contributed by atoms with Crippen molar-refractivity contribution in [3.63, 3.8) is 0 Å². The third-order valence-corrected chi connectivity index (χ3v) is 2.74. The zero-order chi connectivity index (χ0) is 12.4. The summed E-state index contributed by atoms with van der Waals surface area (Å²) in [4.78, 5) is 4.29. The van der Waals surface area contributed by atoms with Crippen molar-refractivity contribution < 1.29 is 4.74 Å². The molecule has 0 spiro atoms. The molecule has 5 heteroatoms. The molecule has 0 bridgehead atoms. The van der Waals surface area contributed by atoms with Gasteiger partial charge in [-0.1, -0.05) is 17.3 Å². The maximum atomic E-state index is 5.20. The maximum Gasteiger partial charge on any atom is 0.178 e. The van der Waals surface area contributed by atoms with Gasteiger partial charge >= 0.3 is 0 Å². The van der Waals surface area contributed by atoms with Gasteiger partial charge < -0.3 is 4.74 Å². The molecule has 2 heterocycles. The summed E-state index contributed by atoms with van der Waals surface area (Å²) in [6, 6.07) is 11.6. The standard InChI is InChI=1S/C13H12N4O/c1-18-11-5-2-4-10(8-11)9-17-13-12(15-16-17)6-3-7-14-13/h2-8H,9H2,1H3. The number of hydrogen-bond donors (Lipinski definition) is 0. The highest BCUT2D eigenvalue weighted by Gasteiger charge is 2.05. The lowest BCUT2D eigenvalue weighted by Crippen LogP contribution is -2.02. The Morgan fingerprint density at radius 2 is 2.17 bits per heavy atom. The van der Waals surface area contributed by atoms with Crippen LogP contribution in [0, 0.1) is 0 Å². The van der Waals surface area contributed by atoms with E-state index in [1.807, 2.05) is 36.4 Å². The molecule has 18 heavy (non-hydrogen) atoms. The van der Waals surface area contributed by atoms with Crippen LogP contribution >= 0.6 is 0 Å². The minimum Gasteiger partial charge on any atom is -0.497 e. The molecule has 0 saturated carbocycles. The first kappa shape index (κ1) is 10.7. The monoisotopic (exact) mass is 240 g/mol. The molecule has 0 amide bonds. The Hall–Kier alpha value is -2.43. The summed E-state index contributed by atoms with van der Waals surface area (Å²) >= 11 is 0. The van der Waals surface area contributed by atoms with Gasteiger partial charge in [-0.25, -0.2) is 9.67 Å². The van der Waals surface area contributed by atoms with Crippen LogP contribution in [-0.4, -0.2) is 27.1 Å². The molecule has 3 rings (SSSR count). The number of ether oxygens (including phenoxy) is 1. The van der Waals surface area contributed by atoms with Gasteiger partial charge in [-0.3, -0.25) is 0 Å². The summed E-state index contributed by atoms with van der Waals surface area (Å²) in [6.07, 6.45) is 1.74. The molecule has 3 aromatic rings. The Balaban J connectivity index is 1.96. The Morgan fingerprint density at radius 1 is 1.22 bits per heavy atom. The van der Waals surface area contributed by atoms with Crippen molar-refractivity contribution in [2.24, 2.45) is 0 Å². The van der Waals surface area contributed by atoms with E-state index in [4.69, 9.17) is 4.74 Å². The molecule has 0 N–H and O–H groups in total. The Labute approximate surface area is 104 Å². The average Bonchev–Trinajstić information content (AvgIpc) is 2.83. The highest BCUT2D eigenvalue weighted by molar-refractivity contribution is 5.68. The molecule has 0 atom stereocenters. The van der Waals surface area contributed by atoms with Gasteiger partial charge in [0, 0.05) is 6.20 Å². The zero-order valence-electron chi connectivity index (χ0n) is 9.95. The van der Waals surface area contributed by atoms with E-state index in [-0.39, 0.29) is 0 Å². The largest absolute Gasteiger partial charge is 0.497 e. The fourth-order valence-corrected chi connectivity index (χ4v) is 1.86.